The summed E-state index contributed by atoms with van der Waals surface area (Å²) in [6, 6.07) is 0.407. The van der Waals surface area contributed by atoms with Crippen molar-refractivity contribution in [1.29, 1.82) is 0 Å². The van der Waals surface area contributed by atoms with Crippen LogP contribution in [0.5, 0.6) is 0 Å². The first-order valence-electron chi connectivity index (χ1n) is 12.4. The maximum atomic E-state index is 11.2. The third-order valence-corrected chi connectivity index (χ3v) is 10.3. The Morgan fingerprint density at radius 3 is 2.41 bits per heavy atom. The Kier molecular flexibility index (Phi) is 7.36. The van der Waals surface area contributed by atoms with Crippen LogP contribution in [-0.4, -0.2) is 35.0 Å². The van der Waals surface area contributed by atoms with Gasteiger partial charge in [0, 0.05) is 12.0 Å². The number of nitrogens with one attached hydrogen (secondary N) is 1. The average molecular weight is 428 g/mol. The molecule has 4 aliphatic carbocycles. The number of hydrogen-bond donors (Lipinski definition) is 3. The molecule has 0 amide bonds. The molecule has 4 fully saturated rings. The van der Waals surface area contributed by atoms with Crippen molar-refractivity contribution in [2.24, 2.45) is 40.4 Å². The van der Waals surface area contributed by atoms with Gasteiger partial charge in [0.25, 0.3) is 0 Å². The zero-order valence-electron chi connectivity index (χ0n) is 19.2. The molecule has 0 bridgehead atoms. The minimum atomic E-state index is -0.142. The lowest BCUT2D eigenvalue weighted by atomic mass is 9.44. The molecule has 0 aromatic carbocycles. The van der Waals surface area contributed by atoms with Crippen molar-refractivity contribution in [2.45, 2.75) is 110 Å². The van der Waals surface area contributed by atoms with Crippen molar-refractivity contribution >= 4 is 12.4 Å². The third-order valence-electron chi connectivity index (χ3n) is 10.3. The molecule has 0 aliphatic heterocycles. The summed E-state index contributed by atoms with van der Waals surface area (Å²) in [5.74, 6) is 3.41. The summed E-state index contributed by atoms with van der Waals surface area (Å²) in [7, 11) is 0. The highest BCUT2D eigenvalue weighted by Gasteiger charge is 2.62. The van der Waals surface area contributed by atoms with Gasteiger partial charge in [-0.25, -0.2) is 0 Å². The van der Waals surface area contributed by atoms with Crippen molar-refractivity contribution < 1.29 is 10.2 Å². The molecule has 4 rings (SSSR count). The summed E-state index contributed by atoms with van der Waals surface area (Å²) in [4.78, 5) is 0. The van der Waals surface area contributed by atoms with Gasteiger partial charge >= 0.3 is 0 Å². The van der Waals surface area contributed by atoms with E-state index in [9.17, 15) is 10.2 Å². The van der Waals surface area contributed by atoms with Crippen molar-refractivity contribution in [3.05, 3.63) is 0 Å². The molecule has 4 heteroatoms. The second-order valence-corrected chi connectivity index (χ2v) is 11.6. The largest absolute Gasteiger partial charge is 0.393 e. The molecular formula is C25H46ClNO2. The molecule has 170 valence electrons. The molecule has 4 saturated carbocycles. The molecule has 4 aliphatic rings. The van der Waals surface area contributed by atoms with Gasteiger partial charge in [-0.1, -0.05) is 27.2 Å². The monoisotopic (exact) mass is 427 g/mol. The van der Waals surface area contributed by atoms with Crippen LogP contribution in [0, 0.1) is 40.4 Å². The second kappa shape index (κ2) is 8.96. The fourth-order valence-electron chi connectivity index (χ4n) is 8.83. The first kappa shape index (κ1) is 23.8. The lowest BCUT2D eigenvalue weighted by Gasteiger charge is -2.61. The molecule has 0 aromatic heterocycles. The second-order valence-electron chi connectivity index (χ2n) is 11.6. The first-order valence-corrected chi connectivity index (χ1v) is 12.4. The zero-order chi connectivity index (χ0) is 20.1. The van der Waals surface area contributed by atoms with Crippen LogP contribution in [0.3, 0.4) is 0 Å². The maximum Gasteiger partial charge on any atom is 0.0591 e. The molecular weight excluding hydrogens is 382 g/mol. The molecule has 0 spiro atoms. The van der Waals surface area contributed by atoms with E-state index in [2.05, 4.69) is 33.0 Å². The van der Waals surface area contributed by atoms with Crippen molar-refractivity contribution in [3.8, 4) is 0 Å². The summed E-state index contributed by atoms with van der Waals surface area (Å²) in [5, 5.41) is 25.1. The molecule has 0 heterocycles. The Labute approximate surface area is 185 Å². The van der Waals surface area contributed by atoms with Crippen LogP contribution in [0.15, 0.2) is 0 Å². The standard InChI is InChI=1S/C25H45NO2.ClH/c1-5-6-13-26-16(2)23-22(28)15-21-19-8-7-17-14-18(27)9-11-24(17,3)20(19)10-12-25(21,23)4;/h16-23,26-28H,5-15H2,1-4H3;1H/t16?,17-,18-,19+,20-,21-,22-,23-,24-,25-;/m0./s1. The first-order chi connectivity index (χ1) is 13.3. The van der Waals surface area contributed by atoms with Gasteiger partial charge < -0.3 is 15.5 Å². The Bertz CT molecular complexity index is 559. The van der Waals surface area contributed by atoms with Crippen LogP contribution in [0.4, 0.5) is 0 Å². The van der Waals surface area contributed by atoms with Gasteiger partial charge in [0.05, 0.1) is 12.2 Å². The number of fused-ring (bicyclic) bond motifs is 5. The van der Waals surface area contributed by atoms with Gasteiger partial charge in [-0.15, -0.1) is 12.4 Å². The lowest BCUT2D eigenvalue weighted by Crippen LogP contribution is -2.55. The number of aliphatic hydroxyl groups excluding tert-OH is 2. The predicted octanol–water partition coefficient (Wildman–Crippen LogP) is 5.18. The normalized spacial score (nSPS) is 50.1. The quantitative estimate of drug-likeness (QED) is 0.530. The van der Waals surface area contributed by atoms with Crippen LogP contribution >= 0.6 is 12.4 Å². The van der Waals surface area contributed by atoms with Crippen molar-refractivity contribution in [2.75, 3.05) is 6.54 Å². The molecule has 3 N–H and O–H groups in total. The lowest BCUT2D eigenvalue weighted by molar-refractivity contribution is -0.128. The van der Waals surface area contributed by atoms with E-state index < -0.39 is 0 Å². The topological polar surface area (TPSA) is 52.5 Å². The van der Waals surface area contributed by atoms with E-state index in [0.717, 1.165) is 43.6 Å². The zero-order valence-corrected chi connectivity index (χ0v) is 20.0. The fraction of sp³-hybridized carbons (Fsp3) is 1.00. The van der Waals surface area contributed by atoms with Gasteiger partial charge in [-0.05, 0) is 106 Å². The number of aliphatic hydroxyl groups is 2. The molecule has 3 nitrogen and oxygen atoms in total. The van der Waals surface area contributed by atoms with E-state index in [1.54, 1.807) is 0 Å². The maximum absolute atomic E-state index is 11.2. The highest BCUT2D eigenvalue weighted by molar-refractivity contribution is 5.85. The number of unbranched alkanes of at least 4 members (excludes halogenated alkanes) is 1. The SMILES string of the molecule is CCCCNC(C)[C@H]1[C@@H](O)C[C@H]2[C@@H]3CC[C@H]4C[C@@H](O)CC[C@]4(C)[C@H]3CC[C@@]21C.Cl. The highest BCUT2D eigenvalue weighted by atomic mass is 35.5. The highest BCUT2D eigenvalue weighted by Crippen LogP contribution is 2.67. The van der Waals surface area contributed by atoms with Crippen LogP contribution < -0.4 is 5.32 Å². The van der Waals surface area contributed by atoms with Crippen LogP contribution in [-0.2, 0) is 0 Å². The molecule has 0 radical (unpaired) electrons. The van der Waals surface area contributed by atoms with Gasteiger partial charge in [0.2, 0.25) is 0 Å². The third kappa shape index (κ3) is 3.92. The molecule has 1 unspecified atom stereocenters. The van der Waals surface area contributed by atoms with Crippen molar-refractivity contribution in [1.82, 2.24) is 5.32 Å². The summed E-state index contributed by atoms with van der Waals surface area (Å²) in [6.45, 7) is 10.7. The van der Waals surface area contributed by atoms with E-state index in [1.807, 2.05) is 0 Å². The van der Waals surface area contributed by atoms with Crippen LogP contribution in [0.25, 0.3) is 0 Å². The van der Waals surface area contributed by atoms with E-state index in [0.29, 0.717) is 23.3 Å². The summed E-state index contributed by atoms with van der Waals surface area (Å²) < 4.78 is 0. The number of halogens is 1. The molecule has 0 saturated heterocycles. The Morgan fingerprint density at radius 2 is 1.69 bits per heavy atom. The van der Waals surface area contributed by atoms with Gasteiger partial charge in [0.15, 0.2) is 0 Å². The average Bonchev–Trinajstić information content (AvgIpc) is 2.92. The Morgan fingerprint density at radius 1 is 0.966 bits per heavy atom. The van der Waals surface area contributed by atoms with Gasteiger partial charge in [-0.2, -0.15) is 0 Å². The van der Waals surface area contributed by atoms with Crippen LogP contribution in [0.1, 0.15) is 91.9 Å². The van der Waals surface area contributed by atoms with Crippen molar-refractivity contribution in [3.63, 3.8) is 0 Å². The van der Waals surface area contributed by atoms with E-state index in [1.165, 1.54) is 44.9 Å². The fourth-order valence-corrected chi connectivity index (χ4v) is 8.83. The Balaban J connectivity index is 0.00000240. The predicted molar refractivity (Wildman–Crippen MR) is 122 cm³/mol. The summed E-state index contributed by atoms with van der Waals surface area (Å²) in [6.07, 6.45) is 11.8. The van der Waals surface area contributed by atoms with E-state index in [-0.39, 0.29) is 30.0 Å². The molecule has 0 aromatic rings. The Hall–Kier alpha value is 0.170. The minimum Gasteiger partial charge on any atom is -0.393 e. The van der Waals surface area contributed by atoms with Gasteiger partial charge in [0.1, 0.15) is 0 Å². The van der Waals surface area contributed by atoms with Gasteiger partial charge in [-0.3, -0.25) is 0 Å². The van der Waals surface area contributed by atoms with Crippen LogP contribution in [0.2, 0.25) is 0 Å². The smallest absolute Gasteiger partial charge is 0.0591 e. The minimum absolute atomic E-state index is 0. The molecule has 10 atom stereocenters. The molecule has 29 heavy (non-hydrogen) atoms. The number of hydrogen-bond acceptors (Lipinski definition) is 3. The number of rotatable bonds is 5. The van der Waals surface area contributed by atoms with E-state index >= 15 is 0 Å². The summed E-state index contributed by atoms with van der Waals surface area (Å²) in [5.41, 5.74) is 0.716. The summed E-state index contributed by atoms with van der Waals surface area (Å²) >= 11 is 0. The van der Waals surface area contributed by atoms with E-state index in [4.69, 9.17) is 0 Å².